The first kappa shape index (κ1) is 14.5. The molecule has 1 amide bonds. The van der Waals surface area contributed by atoms with Gasteiger partial charge in [-0.15, -0.1) is 10.2 Å². The number of rotatable bonds is 4. The first-order valence-corrected chi connectivity index (χ1v) is 7.29. The summed E-state index contributed by atoms with van der Waals surface area (Å²) >= 11 is 11.6. The number of carbonyl (C=O) groups is 1. The van der Waals surface area contributed by atoms with Crippen molar-refractivity contribution < 1.29 is 4.79 Å². The molecule has 0 unspecified atom stereocenters. The van der Waals surface area contributed by atoms with Crippen LogP contribution in [-0.2, 0) is 0 Å². The molecular formula is C13H17Cl2N3O. The highest BCUT2D eigenvalue weighted by Gasteiger charge is 2.32. The Hall–Kier alpha value is -0.870. The molecule has 1 aromatic rings. The van der Waals surface area contributed by atoms with Crippen LogP contribution in [0.25, 0.3) is 0 Å². The lowest BCUT2D eigenvalue weighted by molar-refractivity contribution is 0.0928. The van der Waals surface area contributed by atoms with Crippen molar-refractivity contribution in [1.82, 2.24) is 15.5 Å². The van der Waals surface area contributed by atoms with E-state index in [4.69, 9.17) is 23.2 Å². The van der Waals surface area contributed by atoms with Crippen molar-refractivity contribution in [3.63, 3.8) is 0 Å². The van der Waals surface area contributed by atoms with Gasteiger partial charge in [-0.2, -0.15) is 0 Å². The average Bonchev–Trinajstić information content (AvgIpc) is 2.88. The van der Waals surface area contributed by atoms with E-state index in [-0.39, 0.29) is 27.2 Å². The Morgan fingerprint density at radius 2 is 2.05 bits per heavy atom. The van der Waals surface area contributed by atoms with Crippen LogP contribution in [0.15, 0.2) is 6.07 Å². The summed E-state index contributed by atoms with van der Waals surface area (Å²) < 4.78 is 0. The van der Waals surface area contributed by atoms with Gasteiger partial charge < -0.3 is 5.32 Å². The second-order valence-electron chi connectivity index (χ2n) is 5.11. The van der Waals surface area contributed by atoms with Crippen LogP contribution in [0.3, 0.4) is 0 Å². The maximum absolute atomic E-state index is 12.1. The molecular weight excluding hydrogens is 285 g/mol. The summed E-state index contributed by atoms with van der Waals surface area (Å²) in [5.74, 6) is -0.235. The zero-order chi connectivity index (χ0) is 13.9. The third-order valence-electron chi connectivity index (χ3n) is 4.00. The predicted molar refractivity (Wildman–Crippen MR) is 75.6 cm³/mol. The Morgan fingerprint density at radius 3 is 2.68 bits per heavy atom. The molecule has 1 aromatic heterocycles. The number of amides is 1. The van der Waals surface area contributed by atoms with Crippen LogP contribution >= 0.6 is 23.2 Å². The van der Waals surface area contributed by atoms with Gasteiger partial charge in [0.05, 0.1) is 5.56 Å². The van der Waals surface area contributed by atoms with Crippen LogP contribution in [0, 0.1) is 5.41 Å². The van der Waals surface area contributed by atoms with E-state index in [0.717, 1.165) is 6.42 Å². The predicted octanol–water partition coefficient (Wildman–Crippen LogP) is 3.48. The van der Waals surface area contributed by atoms with Gasteiger partial charge in [0.2, 0.25) is 0 Å². The van der Waals surface area contributed by atoms with E-state index in [1.165, 1.54) is 31.7 Å². The lowest BCUT2D eigenvalue weighted by Crippen LogP contribution is -2.35. The van der Waals surface area contributed by atoms with Crippen molar-refractivity contribution in [2.24, 2.45) is 5.41 Å². The van der Waals surface area contributed by atoms with Gasteiger partial charge in [0.15, 0.2) is 10.3 Å². The Morgan fingerprint density at radius 1 is 1.37 bits per heavy atom. The van der Waals surface area contributed by atoms with Gasteiger partial charge in [-0.05, 0) is 30.7 Å². The van der Waals surface area contributed by atoms with Crippen molar-refractivity contribution in [3.8, 4) is 0 Å². The number of hydrogen-bond donors (Lipinski definition) is 1. The highest BCUT2D eigenvalue weighted by atomic mass is 35.5. The van der Waals surface area contributed by atoms with Crippen molar-refractivity contribution >= 4 is 29.1 Å². The molecule has 0 radical (unpaired) electrons. The topological polar surface area (TPSA) is 54.9 Å². The minimum Gasteiger partial charge on any atom is -0.351 e. The molecule has 0 aliphatic heterocycles. The van der Waals surface area contributed by atoms with E-state index in [1.54, 1.807) is 0 Å². The molecule has 1 saturated carbocycles. The van der Waals surface area contributed by atoms with Gasteiger partial charge in [0.1, 0.15) is 0 Å². The average molecular weight is 302 g/mol. The number of nitrogens with zero attached hydrogens (tertiary/aromatic N) is 2. The molecule has 104 valence electrons. The number of hydrogen-bond acceptors (Lipinski definition) is 3. The van der Waals surface area contributed by atoms with Gasteiger partial charge in [-0.1, -0.05) is 43.0 Å². The molecule has 0 bridgehead atoms. The number of nitrogens with one attached hydrogen (secondary N) is 1. The molecule has 0 saturated heterocycles. The molecule has 2 rings (SSSR count). The normalized spacial score (nSPS) is 17.4. The summed E-state index contributed by atoms with van der Waals surface area (Å²) in [4.78, 5) is 12.1. The standard InChI is InChI=1S/C13H17Cl2N3O/c1-2-13(5-3-4-6-13)8-16-12(19)9-7-10(14)17-18-11(9)15/h7H,2-6,8H2,1H3,(H,16,19). The molecule has 1 fully saturated rings. The zero-order valence-corrected chi connectivity index (χ0v) is 12.4. The van der Waals surface area contributed by atoms with E-state index >= 15 is 0 Å². The molecule has 4 nitrogen and oxygen atoms in total. The maximum atomic E-state index is 12.1. The molecule has 0 aromatic carbocycles. The summed E-state index contributed by atoms with van der Waals surface area (Å²) in [7, 11) is 0. The zero-order valence-electron chi connectivity index (χ0n) is 10.9. The van der Waals surface area contributed by atoms with Crippen molar-refractivity contribution in [2.45, 2.75) is 39.0 Å². The van der Waals surface area contributed by atoms with E-state index in [0.29, 0.717) is 6.54 Å². The van der Waals surface area contributed by atoms with Gasteiger partial charge >= 0.3 is 0 Å². The third kappa shape index (κ3) is 3.37. The van der Waals surface area contributed by atoms with E-state index < -0.39 is 0 Å². The molecule has 0 spiro atoms. The highest BCUT2D eigenvalue weighted by molar-refractivity contribution is 6.34. The van der Waals surface area contributed by atoms with Gasteiger partial charge in [-0.25, -0.2) is 0 Å². The minimum absolute atomic E-state index is 0.0823. The largest absolute Gasteiger partial charge is 0.351 e. The second kappa shape index (κ2) is 6.06. The summed E-state index contributed by atoms with van der Waals surface area (Å²) in [6.45, 7) is 2.86. The molecule has 0 atom stereocenters. The lowest BCUT2D eigenvalue weighted by atomic mass is 9.83. The fraction of sp³-hybridized carbons (Fsp3) is 0.615. The number of aromatic nitrogens is 2. The minimum atomic E-state index is -0.235. The van der Waals surface area contributed by atoms with E-state index in [1.807, 2.05) is 0 Å². The molecule has 1 aliphatic carbocycles. The smallest absolute Gasteiger partial charge is 0.254 e. The summed E-state index contributed by atoms with van der Waals surface area (Å²) in [5.41, 5.74) is 0.526. The quantitative estimate of drug-likeness (QED) is 0.926. The molecule has 1 aliphatic rings. The van der Waals surface area contributed by atoms with Crippen LogP contribution in [0.5, 0.6) is 0 Å². The van der Waals surface area contributed by atoms with Crippen LogP contribution < -0.4 is 5.32 Å². The second-order valence-corrected chi connectivity index (χ2v) is 5.86. The molecule has 19 heavy (non-hydrogen) atoms. The summed E-state index contributed by atoms with van der Waals surface area (Å²) in [6.07, 6.45) is 5.91. The van der Waals surface area contributed by atoms with Gasteiger partial charge in [-0.3, -0.25) is 4.79 Å². The van der Waals surface area contributed by atoms with Crippen LogP contribution in [0.1, 0.15) is 49.4 Å². The Bertz CT molecular complexity index is 473. The van der Waals surface area contributed by atoms with Crippen LogP contribution in [0.4, 0.5) is 0 Å². The van der Waals surface area contributed by atoms with E-state index in [9.17, 15) is 4.79 Å². The number of halogens is 2. The summed E-state index contributed by atoms with van der Waals surface area (Å²) in [5, 5.41) is 10.4. The Balaban J connectivity index is 2.03. The summed E-state index contributed by atoms with van der Waals surface area (Å²) in [6, 6.07) is 1.44. The van der Waals surface area contributed by atoms with Crippen LogP contribution in [0.2, 0.25) is 10.3 Å². The van der Waals surface area contributed by atoms with E-state index in [2.05, 4.69) is 22.4 Å². The molecule has 6 heteroatoms. The van der Waals surface area contributed by atoms with Crippen molar-refractivity contribution in [3.05, 3.63) is 21.9 Å². The third-order valence-corrected chi connectivity index (χ3v) is 4.47. The SMILES string of the molecule is CCC1(CNC(=O)c2cc(Cl)nnc2Cl)CCCC1. The fourth-order valence-electron chi connectivity index (χ4n) is 2.66. The van der Waals surface area contributed by atoms with Crippen molar-refractivity contribution in [2.75, 3.05) is 6.54 Å². The van der Waals surface area contributed by atoms with Crippen LogP contribution in [-0.4, -0.2) is 22.6 Å². The monoisotopic (exact) mass is 301 g/mol. The Labute approximate surface area is 122 Å². The Kier molecular flexibility index (Phi) is 4.63. The number of carbonyl (C=O) groups excluding carboxylic acids is 1. The van der Waals surface area contributed by atoms with Gasteiger partial charge in [0.25, 0.3) is 5.91 Å². The first-order chi connectivity index (χ1) is 9.06. The maximum Gasteiger partial charge on any atom is 0.254 e. The first-order valence-electron chi connectivity index (χ1n) is 6.53. The molecule has 1 heterocycles. The fourth-order valence-corrected chi connectivity index (χ4v) is 2.98. The van der Waals surface area contributed by atoms with Gasteiger partial charge in [0, 0.05) is 6.54 Å². The molecule has 1 N–H and O–H groups in total. The van der Waals surface area contributed by atoms with Crippen molar-refractivity contribution in [1.29, 1.82) is 0 Å². The lowest BCUT2D eigenvalue weighted by Gasteiger charge is -2.27. The highest BCUT2D eigenvalue weighted by Crippen LogP contribution is 2.40.